The number of ether oxygens (including phenoxy) is 2. The molecule has 0 saturated carbocycles. The number of anilines is 1. The quantitative estimate of drug-likeness (QED) is 0.718. The van der Waals surface area contributed by atoms with E-state index in [-0.39, 0.29) is 5.41 Å². The number of methoxy groups -OCH3 is 1. The minimum atomic E-state index is -0.186. The number of carbonyl (C=O) groups is 1. The Hall–Kier alpha value is -1.79. The fourth-order valence-electron chi connectivity index (χ4n) is 5.72. The van der Waals surface area contributed by atoms with E-state index in [9.17, 15) is 4.79 Å². The van der Waals surface area contributed by atoms with Crippen molar-refractivity contribution in [3.63, 3.8) is 0 Å². The number of hydrogen-bond donors (Lipinski definition) is 0. The van der Waals surface area contributed by atoms with Crippen LogP contribution in [0.1, 0.15) is 44.6 Å². The summed E-state index contributed by atoms with van der Waals surface area (Å²) in [4.78, 5) is 19.9. The molecule has 3 saturated heterocycles. The minimum Gasteiger partial charge on any atom is -0.496 e. The molecule has 1 amide bonds. The van der Waals surface area contributed by atoms with Crippen LogP contribution in [0.4, 0.5) is 5.69 Å². The van der Waals surface area contributed by atoms with Crippen LogP contribution in [-0.4, -0.2) is 75.8 Å². The Kier molecular flexibility index (Phi) is 7.07. The summed E-state index contributed by atoms with van der Waals surface area (Å²) in [5.41, 5.74) is 2.27. The summed E-state index contributed by atoms with van der Waals surface area (Å²) in [7, 11) is 3.75. The van der Waals surface area contributed by atoms with Crippen LogP contribution >= 0.6 is 0 Å². The first kappa shape index (κ1) is 22.4. The number of piperidine rings is 1. The second-order valence-electron chi connectivity index (χ2n) is 9.75. The van der Waals surface area contributed by atoms with Crippen LogP contribution < -0.4 is 9.64 Å². The van der Waals surface area contributed by atoms with Crippen molar-refractivity contribution in [3.8, 4) is 5.75 Å². The van der Waals surface area contributed by atoms with Crippen LogP contribution in [0.5, 0.6) is 5.75 Å². The normalized spacial score (nSPS) is 26.7. The minimum absolute atomic E-state index is 0.186. The monoisotopic (exact) mass is 429 g/mol. The van der Waals surface area contributed by atoms with Crippen molar-refractivity contribution in [2.75, 3.05) is 65.0 Å². The number of nitrogens with zero attached hydrogens (tertiary/aromatic N) is 3. The van der Waals surface area contributed by atoms with Crippen molar-refractivity contribution in [1.82, 2.24) is 9.80 Å². The molecule has 1 aromatic rings. The molecular weight excluding hydrogens is 390 g/mol. The summed E-state index contributed by atoms with van der Waals surface area (Å²) in [6, 6.07) is 6.62. The third kappa shape index (κ3) is 4.85. The highest BCUT2D eigenvalue weighted by molar-refractivity contribution is 5.82. The van der Waals surface area contributed by atoms with E-state index in [1.54, 1.807) is 7.11 Å². The van der Waals surface area contributed by atoms with Gasteiger partial charge < -0.3 is 19.3 Å². The Morgan fingerprint density at radius 1 is 1.10 bits per heavy atom. The summed E-state index contributed by atoms with van der Waals surface area (Å²) in [5.74, 6) is 1.82. The van der Waals surface area contributed by atoms with E-state index >= 15 is 0 Å². The van der Waals surface area contributed by atoms with Crippen molar-refractivity contribution < 1.29 is 14.3 Å². The molecule has 0 N–H and O–H groups in total. The van der Waals surface area contributed by atoms with Crippen molar-refractivity contribution in [2.45, 2.75) is 45.6 Å². The highest BCUT2D eigenvalue weighted by Gasteiger charge is 2.44. The van der Waals surface area contributed by atoms with Crippen molar-refractivity contribution >= 4 is 11.6 Å². The van der Waals surface area contributed by atoms with Crippen LogP contribution in [0, 0.1) is 11.3 Å². The second-order valence-corrected chi connectivity index (χ2v) is 9.75. The van der Waals surface area contributed by atoms with Gasteiger partial charge in [0.05, 0.1) is 20.3 Å². The Balaban J connectivity index is 1.38. The molecule has 0 spiro atoms. The van der Waals surface area contributed by atoms with E-state index in [1.165, 1.54) is 17.7 Å². The lowest BCUT2D eigenvalue weighted by atomic mass is 9.69. The molecular formula is C25H39N3O3. The fourth-order valence-corrected chi connectivity index (χ4v) is 5.72. The Bertz CT molecular complexity index is 756. The average molecular weight is 430 g/mol. The van der Waals surface area contributed by atoms with Crippen LogP contribution in [0.3, 0.4) is 0 Å². The van der Waals surface area contributed by atoms with Gasteiger partial charge in [-0.1, -0.05) is 19.4 Å². The molecule has 1 aromatic carbocycles. The lowest BCUT2D eigenvalue weighted by Gasteiger charge is -2.42. The highest BCUT2D eigenvalue weighted by Crippen LogP contribution is 2.42. The predicted octanol–water partition coefficient (Wildman–Crippen LogP) is 3.39. The summed E-state index contributed by atoms with van der Waals surface area (Å²) < 4.78 is 11.2. The topological polar surface area (TPSA) is 45.3 Å². The van der Waals surface area contributed by atoms with Gasteiger partial charge >= 0.3 is 0 Å². The van der Waals surface area contributed by atoms with E-state index in [1.807, 2.05) is 11.9 Å². The van der Waals surface area contributed by atoms with Gasteiger partial charge in [0.15, 0.2) is 0 Å². The maximum absolute atomic E-state index is 13.1. The first-order valence-electron chi connectivity index (χ1n) is 12.0. The molecule has 0 aliphatic carbocycles. The van der Waals surface area contributed by atoms with E-state index in [0.29, 0.717) is 11.8 Å². The predicted molar refractivity (Wildman–Crippen MR) is 124 cm³/mol. The fraction of sp³-hybridized carbons (Fsp3) is 0.720. The first-order chi connectivity index (χ1) is 15.0. The molecule has 1 atom stereocenters. The largest absolute Gasteiger partial charge is 0.496 e. The van der Waals surface area contributed by atoms with Gasteiger partial charge in [0.25, 0.3) is 0 Å². The molecule has 0 bridgehead atoms. The zero-order valence-electron chi connectivity index (χ0n) is 19.6. The van der Waals surface area contributed by atoms with Crippen molar-refractivity contribution in [2.24, 2.45) is 11.3 Å². The summed E-state index contributed by atoms with van der Waals surface area (Å²) >= 11 is 0. The second kappa shape index (κ2) is 9.78. The van der Waals surface area contributed by atoms with Gasteiger partial charge in [-0.15, -0.1) is 0 Å². The number of likely N-dealkylation sites (tertiary alicyclic amines) is 2. The Labute approximate surface area is 187 Å². The number of amides is 1. The molecule has 3 heterocycles. The van der Waals surface area contributed by atoms with E-state index in [0.717, 1.165) is 83.9 Å². The molecule has 172 valence electrons. The molecule has 3 fully saturated rings. The maximum Gasteiger partial charge on any atom is 0.228 e. The number of morpholine rings is 1. The zero-order chi connectivity index (χ0) is 21.8. The number of carbonyl (C=O) groups excluding carboxylic acids is 1. The van der Waals surface area contributed by atoms with Gasteiger partial charge in [0.1, 0.15) is 5.75 Å². The lowest BCUT2D eigenvalue weighted by Crippen LogP contribution is -2.47. The Morgan fingerprint density at radius 3 is 2.55 bits per heavy atom. The van der Waals surface area contributed by atoms with Crippen LogP contribution in [0.25, 0.3) is 0 Å². The van der Waals surface area contributed by atoms with Gasteiger partial charge in [-0.25, -0.2) is 0 Å². The van der Waals surface area contributed by atoms with E-state index < -0.39 is 0 Å². The highest BCUT2D eigenvalue weighted by atomic mass is 16.5. The molecule has 0 aromatic heterocycles. The van der Waals surface area contributed by atoms with Crippen molar-refractivity contribution in [1.29, 1.82) is 0 Å². The van der Waals surface area contributed by atoms with E-state index in [2.05, 4.69) is 34.9 Å². The van der Waals surface area contributed by atoms with Gasteiger partial charge in [-0.3, -0.25) is 9.69 Å². The number of benzene rings is 1. The number of rotatable bonds is 5. The summed E-state index contributed by atoms with van der Waals surface area (Å²) in [5, 5.41) is 0. The molecule has 0 radical (unpaired) electrons. The molecule has 3 aliphatic rings. The van der Waals surface area contributed by atoms with Crippen molar-refractivity contribution in [3.05, 3.63) is 23.8 Å². The Morgan fingerprint density at radius 2 is 1.84 bits per heavy atom. The average Bonchev–Trinajstić information content (AvgIpc) is 2.94. The molecule has 0 unspecified atom stereocenters. The lowest BCUT2D eigenvalue weighted by molar-refractivity contribution is -0.143. The number of hydrogen-bond acceptors (Lipinski definition) is 5. The van der Waals surface area contributed by atoms with Gasteiger partial charge in [0, 0.05) is 56.0 Å². The zero-order valence-corrected chi connectivity index (χ0v) is 19.6. The third-order valence-corrected chi connectivity index (χ3v) is 7.80. The SMILES string of the molecule is COc1cc(N2CCOCC2)ccc1CN1CCC([C@]2(C)CCCCN(C)C2=O)CC1. The summed E-state index contributed by atoms with van der Waals surface area (Å²) in [6.45, 7) is 9.58. The first-order valence-corrected chi connectivity index (χ1v) is 12.0. The van der Waals surface area contributed by atoms with Gasteiger partial charge in [0.2, 0.25) is 5.91 Å². The molecule has 31 heavy (non-hydrogen) atoms. The van der Waals surface area contributed by atoms with Crippen LogP contribution in [0.15, 0.2) is 18.2 Å². The summed E-state index contributed by atoms with van der Waals surface area (Å²) in [6.07, 6.45) is 5.54. The van der Waals surface area contributed by atoms with E-state index in [4.69, 9.17) is 9.47 Å². The smallest absolute Gasteiger partial charge is 0.228 e. The van der Waals surface area contributed by atoms with Crippen LogP contribution in [0.2, 0.25) is 0 Å². The maximum atomic E-state index is 13.1. The van der Waals surface area contributed by atoms with Gasteiger partial charge in [-0.05, 0) is 50.8 Å². The third-order valence-electron chi connectivity index (χ3n) is 7.80. The molecule has 6 nitrogen and oxygen atoms in total. The van der Waals surface area contributed by atoms with Crippen LogP contribution in [-0.2, 0) is 16.1 Å². The molecule has 6 heteroatoms. The standard InChI is InChI=1S/C25H39N3O3/c1-25(10-4-5-11-26(2)24(25)29)21-8-12-27(13-9-21)19-20-6-7-22(18-23(20)30-3)28-14-16-31-17-15-28/h6-7,18,21H,4-5,8-17,19H2,1-3H3/t25-/m0/s1. The van der Waals surface area contributed by atoms with Gasteiger partial charge in [-0.2, -0.15) is 0 Å². The molecule has 4 rings (SSSR count). The molecule has 3 aliphatic heterocycles.